The normalized spacial score (nSPS) is 12.4. The van der Waals surface area contributed by atoms with Crippen LogP contribution in [0.2, 0.25) is 0 Å². The van der Waals surface area contributed by atoms with E-state index in [9.17, 15) is 0 Å². The molecule has 7 rings (SSSR count). The summed E-state index contributed by atoms with van der Waals surface area (Å²) in [5.74, 6) is 0.719. The van der Waals surface area contributed by atoms with Gasteiger partial charge in [0, 0.05) is 49.9 Å². The summed E-state index contributed by atoms with van der Waals surface area (Å²) in [4.78, 5) is 10.0. The maximum Gasteiger partial charge on any atom is 0.160 e. The molecular weight excluding hydrogens is 542 g/mol. The Hall–Kier alpha value is -4.54. The summed E-state index contributed by atoms with van der Waals surface area (Å²) >= 11 is 3.70. The Balaban J connectivity index is 1.43. The van der Waals surface area contributed by atoms with Crippen LogP contribution in [0.25, 0.3) is 56.6 Å². The molecule has 6 aromatic rings. The fraction of sp³-hybridized carbons (Fsp3) is 0.0286. The van der Waals surface area contributed by atoms with Crippen molar-refractivity contribution in [3.63, 3.8) is 0 Å². The van der Waals surface area contributed by atoms with Gasteiger partial charge in [-0.2, -0.15) is 0 Å². The zero-order chi connectivity index (χ0) is 26.2. The molecule has 0 radical (unpaired) electrons. The second-order valence-corrected chi connectivity index (χ2v) is 10.5. The highest BCUT2D eigenvalue weighted by molar-refractivity contribution is 9.10. The number of rotatable bonds is 4. The summed E-state index contributed by atoms with van der Waals surface area (Å²) in [5, 5.41) is 1.25. The average Bonchev–Trinajstić information content (AvgIpc) is 3.11. The van der Waals surface area contributed by atoms with Gasteiger partial charge in [-0.1, -0.05) is 119 Å². The molecule has 0 saturated carbocycles. The molecule has 1 aliphatic rings. The van der Waals surface area contributed by atoms with Gasteiger partial charge < -0.3 is 4.57 Å². The van der Waals surface area contributed by atoms with E-state index in [0.29, 0.717) is 0 Å². The number of halogens is 1. The smallest absolute Gasteiger partial charge is 0.160 e. The molecule has 0 aliphatic heterocycles. The van der Waals surface area contributed by atoms with Crippen molar-refractivity contribution in [2.45, 2.75) is 6.42 Å². The third-order valence-electron chi connectivity index (χ3n) is 7.12. The summed E-state index contributed by atoms with van der Waals surface area (Å²) in [6.45, 7) is 0. The maximum atomic E-state index is 5.05. The Morgan fingerprint density at radius 3 is 2.15 bits per heavy atom. The van der Waals surface area contributed by atoms with E-state index in [1.165, 1.54) is 22.2 Å². The quantitative estimate of drug-likeness (QED) is 0.213. The number of nitrogens with zero attached hydrogens (tertiary/aromatic N) is 3. The maximum absolute atomic E-state index is 5.05. The molecule has 0 spiro atoms. The first-order valence-electron chi connectivity index (χ1n) is 13.0. The third kappa shape index (κ3) is 4.43. The summed E-state index contributed by atoms with van der Waals surface area (Å²) in [7, 11) is 0. The monoisotopic (exact) mass is 565 g/mol. The van der Waals surface area contributed by atoms with Gasteiger partial charge in [-0.25, -0.2) is 9.97 Å². The first kappa shape index (κ1) is 23.6. The van der Waals surface area contributed by atoms with Crippen LogP contribution in [-0.2, 0) is 6.42 Å². The standard InChI is InChI=1S/C35H24BrN3/c36-27-19-20-30-29-17-8-3-9-18-33(29)39(34(30)22-27)28-16-10-15-26(21-28)32-23-31(24-11-4-1-5-12-24)37-35(38-32)25-13-6-2-7-14-25/h1-17,19-23H,18H2. The lowest BCUT2D eigenvalue weighted by Crippen LogP contribution is -2.01. The van der Waals surface area contributed by atoms with Crippen molar-refractivity contribution in [2.24, 2.45) is 0 Å². The molecule has 0 fully saturated rings. The van der Waals surface area contributed by atoms with Gasteiger partial charge in [0.05, 0.1) is 16.9 Å². The zero-order valence-electron chi connectivity index (χ0n) is 21.1. The lowest BCUT2D eigenvalue weighted by Gasteiger charge is -2.13. The van der Waals surface area contributed by atoms with Gasteiger partial charge in [-0.15, -0.1) is 0 Å². The van der Waals surface area contributed by atoms with E-state index in [2.05, 4.69) is 118 Å². The van der Waals surface area contributed by atoms with E-state index < -0.39 is 0 Å². The molecule has 3 nitrogen and oxygen atoms in total. The minimum Gasteiger partial charge on any atom is -0.313 e. The van der Waals surface area contributed by atoms with Crippen molar-refractivity contribution in [3.05, 3.63) is 143 Å². The highest BCUT2D eigenvalue weighted by Gasteiger charge is 2.18. The largest absolute Gasteiger partial charge is 0.313 e. The van der Waals surface area contributed by atoms with E-state index >= 15 is 0 Å². The number of benzene rings is 4. The molecular formula is C35H24BrN3. The van der Waals surface area contributed by atoms with Gasteiger partial charge >= 0.3 is 0 Å². The molecule has 0 unspecified atom stereocenters. The predicted octanol–water partition coefficient (Wildman–Crippen LogP) is 9.31. The summed E-state index contributed by atoms with van der Waals surface area (Å²) < 4.78 is 3.45. The van der Waals surface area contributed by atoms with Gasteiger partial charge in [-0.3, -0.25) is 0 Å². The Morgan fingerprint density at radius 2 is 1.36 bits per heavy atom. The van der Waals surface area contributed by atoms with Crippen LogP contribution in [-0.4, -0.2) is 14.5 Å². The van der Waals surface area contributed by atoms with Crippen LogP contribution in [0.5, 0.6) is 0 Å². The molecule has 2 aromatic heterocycles. The highest BCUT2D eigenvalue weighted by Crippen LogP contribution is 2.35. The molecule has 2 heterocycles. The van der Waals surface area contributed by atoms with Crippen molar-refractivity contribution in [3.8, 4) is 39.6 Å². The average molecular weight is 567 g/mol. The molecule has 1 aliphatic carbocycles. The van der Waals surface area contributed by atoms with Crippen molar-refractivity contribution in [2.75, 3.05) is 0 Å². The Bertz CT molecular complexity index is 1830. The first-order valence-corrected chi connectivity index (χ1v) is 13.8. The molecule has 4 aromatic carbocycles. The Kier molecular flexibility index (Phi) is 6.03. The fourth-order valence-corrected chi connectivity index (χ4v) is 5.65. The fourth-order valence-electron chi connectivity index (χ4n) is 5.30. The topological polar surface area (TPSA) is 30.7 Å². The Labute approximate surface area is 236 Å². The van der Waals surface area contributed by atoms with Gasteiger partial charge in [0.1, 0.15) is 0 Å². The van der Waals surface area contributed by atoms with Crippen LogP contribution in [0.15, 0.2) is 132 Å². The number of fused-ring (bicyclic) bond motifs is 3. The molecule has 0 bridgehead atoms. The molecule has 186 valence electrons. The van der Waals surface area contributed by atoms with Crippen molar-refractivity contribution in [1.29, 1.82) is 0 Å². The minimum atomic E-state index is 0.719. The van der Waals surface area contributed by atoms with Crippen LogP contribution in [0.3, 0.4) is 0 Å². The van der Waals surface area contributed by atoms with E-state index in [4.69, 9.17) is 9.97 Å². The second-order valence-electron chi connectivity index (χ2n) is 9.59. The molecule has 0 atom stereocenters. The molecule has 39 heavy (non-hydrogen) atoms. The third-order valence-corrected chi connectivity index (χ3v) is 7.61. The summed E-state index contributed by atoms with van der Waals surface area (Å²) in [5.41, 5.74) is 9.77. The first-order chi connectivity index (χ1) is 19.2. The molecule has 0 N–H and O–H groups in total. The van der Waals surface area contributed by atoms with E-state index in [1.54, 1.807) is 0 Å². The van der Waals surface area contributed by atoms with Crippen molar-refractivity contribution >= 4 is 32.9 Å². The predicted molar refractivity (Wildman–Crippen MR) is 165 cm³/mol. The van der Waals surface area contributed by atoms with Crippen molar-refractivity contribution in [1.82, 2.24) is 14.5 Å². The van der Waals surface area contributed by atoms with E-state index in [1.807, 2.05) is 36.4 Å². The number of aromatic nitrogens is 3. The zero-order valence-corrected chi connectivity index (χ0v) is 22.7. The van der Waals surface area contributed by atoms with Gasteiger partial charge in [0.2, 0.25) is 0 Å². The lowest BCUT2D eigenvalue weighted by atomic mass is 10.1. The lowest BCUT2D eigenvalue weighted by molar-refractivity contribution is 1.00. The minimum absolute atomic E-state index is 0.719. The highest BCUT2D eigenvalue weighted by atomic mass is 79.9. The molecule has 0 amide bonds. The van der Waals surface area contributed by atoms with Gasteiger partial charge in [0.25, 0.3) is 0 Å². The van der Waals surface area contributed by atoms with Crippen LogP contribution in [0.1, 0.15) is 11.3 Å². The van der Waals surface area contributed by atoms with Crippen molar-refractivity contribution < 1.29 is 0 Å². The van der Waals surface area contributed by atoms with Crippen LogP contribution >= 0.6 is 15.9 Å². The molecule has 0 saturated heterocycles. The summed E-state index contributed by atoms with van der Waals surface area (Å²) in [6, 6.07) is 37.8. The van der Waals surface area contributed by atoms with Crippen LogP contribution < -0.4 is 0 Å². The van der Waals surface area contributed by atoms with E-state index in [0.717, 1.165) is 50.5 Å². The number of allylic oxidation sites excluding steroid dienone is 3. The SMILES string of the molecule is Brc1ccc2c3c(n(-c4cccc(-c5cc(-c6ccccc6)nc(-c6ccccc6)n5)c4)c2c1)CC=CC=C3. The number of hydrogen-bond donors (Lipinski definition) is 0. The van der Waals surface area contributed by atoms with E-state index in [-0.39, 0.29) is 0 Å². The summed E-state index contributed by atoms with van der Waals surface area (Å²) in [6.07, 6.45) is 9.56. The van der Waals surface area contributed by atoms with Gasteiger partial charge in [-0.05, 0) is 30.3 Å². The van der Waals surface area contributed by atoms with Crippen LogP contribution in [0.4, 0.5) is 0 Å². The second kappa shape index (κ2) is 9.97. The van der Waals surface area contributed by atoms with Crippen LogP contribution in [0, 0.1) is 0 Å². The number of hydrogen-bond acceptors (Lipinski definition) is 2. The van der Waals surface area contributed by atoms with Gasteiger partial charge in [0.15, 0.2) is 5.82 Å². The Morgan fingerprint density at radius 1 is 0.641 bits per heavy atom. The molecule has 4 heteroatoms.